The average Bonchev–Trinajstić information content (AvgIpc) is 2.75. The zero-order chi connectivity index (χ0) is 17.6. The van der Waals surface area contributed by atoms with Crippen LogP contribution < -0.4 is 0 Å². The van der Waals surface area contributed by atoms with Crippen LogP contribution in [0.2, 0.25) is 0 Å². The van der Waals surface area contributed by atoms with Gasteiger partial charge in [0.15, 0.2) is 0 Å². The number of halogens is 1. The lowest BCUT2D eigenvalue weighted by Crippen LogP contribution is -2.36. The van der Waals surface area contributed by atoms with Crippen LogP contribution in [0, 0.1) is 33.3 Å². The van der Waals surface area contributed by atoms with E-state index in [0.717, 1.165) is 24.3 Å². The van der Waals surface area contributed by atoms with Crippen molar-refractivity contribution in [2.75, 3.05) is 6.54 Å². The maximum atomic E-state index is 11.0. The summed E-state index contributed by atoms with van der Waals surface area (Å²) in [7, 11) is 0. The Kier molecular flexibility index (Phi) is 4.34. The zero-order valence-corrected chi connectivity index (χ0v) is 15.7. The third kappa shape index (κ3) is 3.33. The zero-order valence-electron chi connectivity index (χ0n) is 14.2. The number of hydrogen-bond donors (Lipinski definition) is 1. The van der Waals surface area contributed by atoms with Crippen LogP contribution in [0.1, 0.15) is 50.5 Å². The molecule has 0 saturated heterocycles. The fraction of sp³-hybridized carbons (Fsp3) is 0.632. The number of nitrogens with zero attached hydrogens (tertiary/aromatic N) is 2. The van der Waals surface area contributed by atoms with Crippen molar-refractivity contribution in [3.05, 3.63) is 32.3 Å². The van der Waals surface area contributed by atoms with Gasteiger partial charge in [0.05, 0.1) is 9.40 Å². The first-order valence-electron chi connectivity index (χ1n) is 9.11. The van der Waals surface area contributed by atoms with Crippen molar-refractivity contribution in [3.63, 3.8) is 0 Å². The summed E-state index contributed by atoms with van der Waals surface area (Å²) in [5.41, 5.74) is 0.670. The summed E-state index contributed by atoms with van der Waals surface area (Å²) in [6.07, 6.45) is 11.0. The number of non-ortho nitro benzene ring substituents is 1. The van der Waals surface area contributed by atoms with Crippen LogP contribution in [-0.4, -0.2) is 22.8 Å². The van der Waals surface area contributed by atoms with Crippen molar-refractivity contribution < 1.29 is 10.0 Å². The van der Waals surface area contributed by atoms with Gasteiger partial charge in [-0.05, 0) is 84.0 Å². The SMILES string of the molecule is O=[N+]([O-])c1cc(Br)c(O)c(C=NCC23CCC4C[C@H](C[C@H](C4)C2)C3)c1. The Morgan fingerprint density at radius 3 is 2.64 bits per heavy atom. The third-order valence-electron chi connectivity index (χ3n) is 6.47. The molecule has 0 aliphatic heterocycles. The van der Waals surface area contributed by atoms with E-state index in [1.54, 1.807) is 6.21 Å². The lowest BCUT2D eigenvalue weighted by Gasteiger charge is -2.44. The second kappa shape index (κ2) is 6.38. The van der Waals surface area contributed by atoms with Gasteiger partial charge in [0.25, 0.3) is 5.69 Å². The molecule has 4 fully saturated rings. The molecular weight excluding hydrogens is 384 g/mol. The van der Waals surface area contributed by atoms with E-state index in [9.17, 15) is 15.2 Å². The second-order valence-electron chi connectivity index (χ2n) is 8.34. The summed E-state index contributed by atoms with van der Waals surface area (Å²) >= 11 is 3.18. The van der Waals surface area contributed by atoms with Crippen molar-refractivity contribution in [2.24, 2.45) is 28.2 Å². The molecule has 6 heteroatoms. The minimum absolute atomic E-state index is 0.0106. The molecule has 0 heterocycles. The van der Waals surface area contributed by atoms with Crippen LogP contribution in [0.3, 0.4) is 0 Å². The van der Waals surface area contributed by atoms with Gasteiger partial charge >= 0.3 is 0 Å². The number of phenols is 1. The summed E-state index contributed by atoms with van der Waals surface area (Å²) < 4.78 is 0.328. The van der Waals surface area contributed by atoms with Gasteiger partial charge in [-0.3, -0.25) is 15.1 Å². The highest BCUT2D eigenvalue weighted by atomic mass is 79.9. The van der Waals surface area contributed by atoms with Crippen LogP contribution >= 0.6 is 15.9 Å². The third-order valence-corrected chi connectivity index (χ3v) is 7.08. The van der Waals surface area contributed by atoms with Crippen molar-refractivity contribution in [3.8, 4) is 5.75 Å². The maximum absolute atomic E-state index is 11.0. The predicted octanol–water partition coefficient (Wildman–Crippen LogP) is 5.09. The van der Waals surface area contributed by atoms with Gasteiger partial charge in [0.2, 0.25) is 0 Å². The number of nitro groups is 1. The van der Waals surface area contributed by atoms with E-state index in [4.69, 9.17) is 0 Å². The second-order valence-corrected chi connectivity index (χ2v) is 9.20. The molecule has 4 aliphatic carbocycles. The largest absolute Gasteiger partial charge is 0.506 e. The van der Waals surface area contributed by atoms with Crippen molar-refractivity contribution in [1.29, 1.82) is 0 Å². The van der Waals surface area contributed by atoms with Gasteiger partial charge in [-0.15, -0.1) is 0 Å². The van der Waals surface area contributed by atoms with Gasteiger partial charge in [-0.25, -0.2) is 0 Å². The summed E-state index contributed by atoms with van der Waals surface area (Å²) in [5.74, 6) is 2.68. The first-order chi connectivity index (χ1) is 11.9. The molecular formula is C19H23BrN2O3. The van der Waals surface area contributed by atoms with E-state index in [-0.39, 0.29) is 11.4 Å². The molecule has 4 bridgehead atoms. The van der Waals surface area contributed by atoms with Gasteiger partial charge in [-0.1, -0.05) is 0 Å². The Morgan fingerprint density at radius 2 is 1.96 bits per heavy atom. The number of rotatable bonds is 4. The predicted molar refractivity (Wildman–Crippen MR) is 100 cm³/mol. The Labute approximate surface area is 155 Å². The molecule has 0 aromatic heterocycles. The summed E-state index contributed by atoms with van der Waals surface area (Å²) in [6, 6.07) is 2.70. The molecule has 4 aliphatic rings. The summed E-state index contributed by atoms with van der Waals surface area (Å²) in [4.78, 5) is 15.2. The molecule has 0 radical (unpaired) electrons. The van der Waals surface area contributed by atoms with Crippen molar-refractivity contribution in [2.45, 2.75) is 44.9 Å². The Balaban J connectivity index is 1.54. The molecule has 134 valence electrons. The van der Waals surface area contributed by atoms with Gasteiger partial charge in [0, 0.05) is 30.5 Å². The van der Waals surface area contributed by atoms with E-state index < -0.39 is 4.92 Å². The normalized spacial score (nSPS) is 33.7. The van der Waals surface area contributed by atoms with Crippen LogP contribution in [0.5, 0.6) is 5.75 Å². The number of phenolic OH excluding ortho intramolecular Hbond substituents is 1. The number of hydrogen-bond acceptors (Lipinski definition) is 4. The minimum atomic E-state index is -0.454. The van der Waals surface area contributed by atoms with Crippen LogP contribution in [0.15, 0.2) is 21.6 Å². The van der Waals surface area contributed by atoms with Gasteiger partial charge < -0.3 is 5.11 Å². The van der Waals surface area contributed by atoms with E-state index in [1.807, 2.05) is 0 Å². The molecule has 5 rings (SSSR count). The lowest BCUT2D eigenvalue weighted by molar-refractivity contribution is -0.385. The van der Waals surface area contributed by atoms with Crippen molar-refractivity contribution in [1.82, 2.24) is 0 Å². The molecule has 0 spiro atoms. The van der Waals surface area contributed by atoms with Crippen molar-refractivity contribution >= 4 is 27.8 Å². The van der Waals surface area contributed by atoms with Gasteiger partial charge in [-0.2, -0.15) is 0 Å². The molecule has 4 saturated carbocycles. The standard InChI is InChI=1S/C19H23BrN2O3/c20-17-7-16(22(24)25)6-15(18(17)23)10-21-11-19-2-1-12-3-13(8-19)5-14(4-12)9-19/h6-7,10,12-14,23H,1-5,8-9,11H2/t12?,13-,14+,19?. The summed E-state index contributed by atoms with van der Waals surface area (Å²) in [5, 5.41) is 21.2. The molecule has 4 atom stereocenters. The molecule has 2 unspecified atom stereocenters. The Bertz CT molecular complexity index is 720. The molecule has 0 amide bonds. The molecule has 1 aromatic rings. The molecule has 1 aromatic carbocycles. The number of nitro benzene ring substituents is 1. The van der Waals surface area contributed by atoms with E-state index >= 15 is 0 Å². The highest BCUT2D eigenvalue weighted by Crippen LogP contribution is 2.57. The first-order valence-corrected chi connectivity index (χ1v) is 9.90. The fourth-order valence-electron chi connectivity index (χ4n) is 5.65. The smallest absolute Gasteiger partial charge is 0.271 e. The quantitative estimate of drug-likeness (QED) is 0.429. The van der Waals surface area contributed by atoms with Crippen LogP contribution in [-0.2, 0) is 0 Å². The number of benzene rings is 1. The van der Waals surface area contributed by atoms with E-state index in [2.05, 4.69) is 20.9 Å². The van der Waals surface area contributed by atoms with Gasteiger partial charge in [0.1, 0.15) is 5.75 Å². The summed E-state index contributed by atoms with van der Waals surface area (Å²) in [6.45, 7) is 0.770. The first kappa shape index (κ1) is 17.0. The van der Waals surface area contributed by atoms with Crippen LogP contribution in [0.4, 0.5) is 5.69 Å². The topological polar surface area (TPSA) is 75.7 Å². The molecule has 1 N–H and O–H groups in total. The highest BCUT2D eigenvalue weighted by molar-refractivity contribution is 9.10. The number of fused-ring (bicyclic) bond motifs is 1. The van der Waals surface area contributed by atoms with E-state index in [0.29, 0.717) is 15.5 Å². The number of aliphatic imine (C=N–C) groups is 1. The minimum Gasteiger partial charge on any atom is -0.506 e. The van der Waals surface area contributed by atoms with E-state index in [1.165, 1.54) is 57.1 Å². The Morgan fingerprint density at radius 1 is 1.28 bits per heavy atom. The molecule has 5 nitrogen and oxygen atoms in total. The fourth-order valence-corrected chi connectivity index (χ4v) is 6.11. The average molecular weight is 407 g/mol. The maximum Gasteiger partial charge on any atom is 0.271 e. The van der Waals surface area contributed by atoms with Crippen LogP contribution in [0.25, 0.3) is 0 Å². The molecule has 25 heavy (non-hydrogen) atoms. The lowest BCUT2D eigenvalue weighted by atomic mass is 9.61. The number of aromatic hydroxyl groups is 1. The Hall–Kier alpha value is -1.43. The monoisotopic (exact) mass is 406 g/mol. The highest BCUT2D eigenvalue weighted by Gasteiger charge is 2.47.